The molecule has 0 spiro atoms. The van der Waals surface area contributed by atoms with Gasteiger partial charge in [-0.1, -0.05) is 11.6 Å². The van der Waals surface area contributed by atoms with Gasteiger partial charge in [-0.05, 0) is 24.3 Å². The van der Waals surface area contributed by atoms with Crippen LogP contribution in [-0.2, 0) is 6.42 Å². The normalized spacial score (nSPS) is 12.2. The third kappa shape index (κ3) is 2.33. The SMILES string of the molecule is NCC(F)(F)Cc1cc2cc(Cl)ccc2[nH]1. The lowest BCUT2D eigenvalue weighted by atomic mass is 10.2. The van der Waals surface area contributed by atoms with Crippen molar-refractivity contribution in [2.75, 3.05) is 6.54 Å². The summed E-state index contributed by atoms with van der Waals surface area (Å²) in [5.74, 6) is -2.87. The maximum atomic E-state index is 13.1. The maximum absolute atomic E-state index is 13.1. The largest absolute Gasteiger partial charge is 0.358 e. The molecule has 0 atom stereocenters. The van der Waals surface area contributed by atoms with E-state index in [1.807, 2.05) is 0 Å². The lowest BCUT2D eigenvalue weighted by molar-refractivity contribution is 0.0107. The Balaban J connectivity index is 2.33. The summed E-state index contributed by atoms with van der Waals surface area (Å²) in [6, 6.07) is 6.88. The van der Waals surface area contributed by atoms with Crippen LogP contribution < -0.4 is 5.73 Å². The van der Waals surface area contributed by atoms with Crippen molar-refractivity contribution in [1.82, 2.24) is 4.98 Å². The first kappa shape index (κ1) is 11.4. The van der Waals surface area contributed by atoms with E-state index in [-0.39, 0.29) is 6.42 Å². The molecule has 0 aliphatic heterocycles. The van der Waals surface area contributed by atoms with Gasteiger partial charge in [0, 0.05) is 21.6 Å². The van der Waals surface area contributed by atoms with E-state index in [1.54, 1.807) is 24.3 Å². The third-order valence-electron chi connectivity index (χ3n) is 2.39. The van der Waals surface area contributed by atoms with Crippen molar-refractivity contribution in [2.45, 2.75) is 12.3 Å². The van der Waals surface area contributed by atoms with Gasteiger partial charge in [0.15, 0.2) is 0 Å². The van der Waals surface area contributed by atoms with Crippen molar-refractivity contribution < 1.29 is 8.78 Å². The van der Waals surface area contributed by atoms with E-state index in [9.17, 15) is 8.78 Å². The number of alkyl halides is 2. The number of rotatable bonds is 3. The first-order valence-electron chi connectivity index (χ1n) is 4.85. The molecule has 5 heteroatoms. The van der Waals surface area contributed by atoms with Crippen LogP contribution in [0.3, 0.4) is 0 Å². The number of nitrogens with one attached hydrogen (secondary N) is 1. The smallest absolute Gasteiger partial charge is 0.265 e. The first-order valence-corrected chi connectivity index (χ1v) is 5.23. The van der Waals surface area contributed by atoms with Crippen molar-refractivity contribution in [2.24, 2.45) is 5.73 Å². The van der Waals surface area contributed by atoms with Gasteiger partial charge in [0.05, 0.1) is 13.0 Å². The molecule has 0 radical (unpaired) electrons. The number of H-pyrrole nitrogens is 1. The zero-order valence-electron chi connectivity index (χ0n) is 8.43. The van der Waals surface area contributed by atoms with Gasteiger partial charge in [0.25, 0.3) is 5.92 Å². The van der Waals surface area contributed by atoms with Crippen molar-refractivity contribution in [3.05, 3.63) is 35.0 Å². The molecule has 0 saturated carbocycles. The lowest BCUT2D eigenvalue weighted by Gasteiger charge is -2.11. The number of hydrogen-bond acceptors (Lipinski definition) is 1. The summed E-state index contributed by atoms with van der Waals surface area (Å²) >= 11 is 5.81. The summed E-state index contributed by atoms with van der Waals surface area (Å²) in [5, 5.41) is 1.42. The zero-order valence-corrected chi connectivity index (χ0v) is 9.19. The van der Waals surface area contributed by atoms with E-state index in [4.69, 9.17) is 17.3 Å². The van der Waals surface area contributed by atoms with Gasteiger partial charge >= 0.3 is 0 Å². The minimum atomic E-state index is -2.87. The number of hydrogen-bond donors (Lipinski definition) is 2. The average molecular weight is 245 g/mol. The van der Waals surface area contributed by atoms with Crippen LogP contribution in [0.1, 0.15) is 5.69 Å². The molecule has 2 rings (SSSR count). The number of halogens is 3. The monoisotopic (exact) mass is 244 g/mol. The Hall–Kier alpha value is -1.13. The van der Waals surface area contributed by atoms with E-state index in [1.165, 1.54) is 0 Å². The minimum absolute atomic E-state index is 0.379. The molecule has 0 amide bonds. The van der Waals surface area contributed by atoms with Gasteiger partial charge in [-0.3, -0.25) is 0 Å². The maximum Gasteiger partial charge on any atom is 0.265 e. The molecule has 0 fully saturated rings. The fourth-order valence-electron chi connectivity index (χ4n) is 1.61. The predicted molar refractivity (Wildman–Crippen MR) is 61.0 cm³/mol. The van der Waals surface area contributed by atoms with Crippen molar-refractivity contribution in [3.8, 4) is 0 Å². The van der Waals surface area contributed by atoms with Gasteiger partial charge < -0.3 is 10.7 Å². The fourth-order valence-corrected chi connectivity index (χ4v) is 1.79. The van der Waals surface area contributed by atoms with Crippen molar-refractivity contribution in [1.29, 1.82) is 0 Å². The second-order valence-corrected chi connectivity index (χ2v) is 4.20. The summed E-state index contributed by atoms with van der Waals surface area (Å²) in [6.45, 7) is -0.650. The molecule has 0 saturated heterocycles. The molecule has 1 aromatic carbocycles. The Labute approximate surface area is 96.4 Å². The summed E-state index contributed by atoms with van der Waals surface area (Å²) in [6.07, 6.45) is -0.379. The van der Waals surface area contributed by atoms with E-state index in [0.29, 0.717) is 10.7 Å². The predicted octanol–water partition coefficient (Wildman–Crippen LogP) is 2.96. The first-order chi connectivity index (χ1) is 7.50. The van der Waals surface area contributed by atoms with Crippen LogP contribution in [0.15, 0.2) is 24.3 Å². The highest BCUT2D eigenvalue weighted by Gasteiger charge is 2.27. The van der Waals surface area contributed by atoms with Crippen LogP contribution in [-0.4, -0.2) is 17.5 Å². The summed E-state index contributed by atoms with van der Waals surface area (Å²) in [5.41, 5.74) is 6.25. The number of fused-ring (bicyclic) bond motifs is 1. The number of nitrogens with two attached hydrogens (primary N) is 1. The van der Waals surface area contributed by atoms with Crippen LogP contribution >= 0.6 is 11.6 Å². The molecule has 0 aliphatic carbocycles. The van der Waals surface area contributed by atoms with E-state index >= 15 is 0 Å². The van der Waals surface area contributed by atoms with Gasteiger partial charge in [-0.25, -0.2) is 8.78 Å². The molecule has 0 aliphatic rings. The van der Waals surface area contributed by atoms with Crippen molar-refractivity contribution >= 4 is 22.5 Å². The summed E-state index contributed by atoms with van der Waals surface area (Å²) < 4.78 is 26.2. The number of aromatic nitrogens is 1. The highest BCUT2D eigenvalue weighted by atomic mass is 35.5. The zero-order chi connectivity index (χ0) is 11.8. The molecule has 2 aromatic rings. The second kappa shape index (κ2) is 4.03. The van der Waals surface area contributed by atoms with Gasteiger partial charge in [0.1, 0.15) is 0 Å². The van der Waals surface area contributed by atoms with Gasteiger partial charge in [0.2, 0.25) is 0 Å². The highest BCUT2D eigenvalue weighted by Crippen LogP contribution is 2.24. The Morgan fingerprint density at radius 2 is 2.06 bits per heavy atom. The second-order valence-electron chi connectivity index (χ2n) is 3.76. The van der Waals surface area contributed by atoms with E-state index < -0.39 is 12.5 Å². The molecular weight excluding hydrogens is 234 g/mol. The lowest BCUT2D eigenvalue weighted by Crippen LogP contribution is -2.30. The molecule has 1 heterocycles. The summed E-state index contributed by atoms with van der Waals surface area (Å²) in [7, 11) is 0. The topological polar surface area (TPSA) is 41.8 Å². The molecule has 3 N–H and O–H groups in total. The fraction of sp³-hybridized carbons (Fsp3) is 0.273. The molecule has 0 bridgehead atoms. The molecule has 1 aromatic heterocycles. The Bertz CT molecular complexity index is 508. The third-order valence-corrected chi connectivity index (χ3v) is 2.62. The molecule has 16 heavy (non-hydrogen) atoms. The van der Waals surface area contributed by atoms with Gasteiger partial charge in [-0.2, -0.15) is 0 Å². The average Bonchev–Trinajstić information content (AvgIpc) is 2.58. The van der Waals surface area contributed by atoms with E-state index in [0.717, 1.165) is 10.9 Å². The summed E-state index contributed by atoms with van der Waals surface area (Å²) in [4.78, 5) is 2.92. The van der Waals surface area contributed by atoms with Gasteiger partial charge in [-0.15, -0.1) is 0 Å². The molecule has 86 valence electrons. The molecule has 0 unspecified atom stereocenters. The van der Waals surface area contributed by atoms with Crippen molar-refractivity contribution in [3.63, 3.8) is 0 Å². The molecular formula is C11H11ClF2N2. The van der Waals surface area contributed by atoms with Crippen LogP contribution in [0.25, 0.3) is 10.9 Å². The highest BCUT2D eigenvalue weighted by molar-refractivity contribution is 6.31. The van der Waals surface area contributed by atoms with Crippen LogP contribution in [0.5, 0.6) is 0 Å². The Kier molecular flexibility index (Phi) is 2.86. The minimum Gasteiger partial charge on any atom is -0.358 e. The standard InChI is InChI=1S/C11H11ClF2N2/c12-8-1-2-10-7(3-8)4-9(16-10)5-11(13,14)6-15/h1-4,16H,5-6,15H2. The quantitative estimate of drug-likeness (QED) is 0.856. The Morgan fingerprint density at radius 3 is 2.75 bits per heavy atom. The number of benzene rings is 1. The molecule has 2 nitrogen and oxygen atoms in total. The van der Waals surface area contributed by atoms with E-state index in [2.05, 4.69) is 4.98 Å². The number of aromatic amines is 1. The van der Waals surface area contributed by atoms with Crippen LogP contribution in [0.4, 0.5) is 8.78 Å². The van der Waals surface area contributed by atoms with Crippen LogP contribution in [0, 0.1) is 0 Å². The Morgan fingerprint density at radius 1 is 1.31 bits per heavy atom. The van der Waals surface area contributed by atoms with Crippen LogP contribution in [0.2, 0.25) is 5.02 Å².